The zero-order valence-electron chi connectivity index (χ0n) is 10.1. The molecule has 0 saturated heterocycles. The summed E-state index contributed by atoms with van der Waals surface area (Å²) < 4.78 is 13.2. The molecule has 1 saturated carbocycles. The van der Waals surface area contributed by atoms with Crippen LogP contribution in [0.5, 0.6) is 0 Å². The Morgan fingerprint density at radius 1 is 1.41 bits per heavy atom. The molecule has 17 heavy (non-hydrogen) atoms. The van der Waals surface area contributed by atoms with Crippen LogP contribution in [0.15, 0.2) is 18.2 Å². The van der Waals surface area contributed by atoms with E-state index in [0.29, 0.717) is 6.04 Å². The molecule has 0 N–H and O–H groups in total. The average molecular weight is 232 g/mol. The summed E-state index contributed by atoms with van der Waals surface area (Å²) in [7, 11) is 2.10. The van der Waals surface area contributed by atoms with Gasteiger partial charge in [-0.25, -0.2) is 4.39 Å². The molecule has 2 rings (SSSR count). The van der Waals surface area contributed by atoms with Crippen LogP contribution in [0, 0.1) is 17.1 Å². The summed E-state index contributed by atoms with van der Waals surface area (Å²) >= 11 is 0. The van der Waals surface area contributed by atoms with Gasteiger partial charge in [0.05, 0.1) is 5.56 Å². The van der Waals surface area contributed by atoms with E-state index in [1.165, 1.54) is 31.7 Å². The highest BCUT2D eigenvalue weighted by molar-refractivity contribution is 5.34. The largest absolute Gasteiger partial charge is 0.299 e. The van der Waals surface area contributed by atoms with Gasteiger partial charge >= 0.3 is 0 Å². The van der Waals surface area contributed by atoms with Gasteiger partial charge in [0.15, 0.2) is 0 Å². The molecule has 0 radical (unpaired) electrons. The summed E-state index contributed by atoms with van der Waals surface area (Å²) in [6, 6.07) is 7.33. The lowest BCUT2D eigenvalue weighted by atomic mass is 10.1. The molecule has 0 atom stereocenters. The van der Waals surface area contributed by atoms with E-state index < -0.39 is 5.82 Å². The molecular formula is C14H17FN2. The minimum absolute atomic E-state index is 0.141. The monoisotopic (exact) mass is 232 g/mol. The van der Waals surface area contributed by atoms with Crippen molar-refractivity contribution < 1.29 is 4.39 Å². The van der Waals surface area contributed by atoms with Crippen molar-refractivity contribution in [2.45, 2.75) is 38.3 Å². The quantitative estimate of drug-likeness (QED) is 0.800. The second-order valence-corrected chi connectivity index (χ2v) is 4.78. The first-order valence-electron chi connectivity index (χ1n) is 6.09. The first-order valence-corrected chi connectivity index (χ1v) is 6.09. The molecule has 0 unspecified atom stereocenters. The topological polar surface area (TPSA) is 27.0 Å². The molecule has 0 spiro atoms. The SMILES string of the molecule is CN(Cc1ccc(F)c(C#N)c1)C1CCCC1. The highest BCUT2D eigenvalue weighted by atomic mass is 19.1. The first-order chi connectivity index (χ1) is 8.20. The zero-order chi connectivity index (χ0) is 12.3. The molecule has 3 heteroatoms. The molecule has 0 heterocycles. The molecule has 1 aliphatic carbocycles. The Kier molecular flexibility index (Phi) is 3.75. The van der Waals surface area contributed by atoms with Crippen LogP contribution < -0.4 is 0 Å². The molecule has 0 aromatic heterocycles. The predicted octanol–water partition coefficient (Wildman–Crippen LogP) is 3.07. The standard InChI is InChI=1S/C14H17FN2/c1-17(13-4-2-3-5-13)10-11-6-7-14(15)12(8-11)9-16/h6-8,13H,2-5,10H2,1H3. The smallest absolute Gasteiger partial charge is 0.140 e. The molecular weight excluding hydrogens is 215 g/mol. The first kappa shape index (κ1) is 12.1. The van der Waals surface area contributed by atoms with Gasteiger partial charge in [0.1, 0.15) is 11.9 Å². The summed E-state index contributed by atoms with van der Waals surface area (Å²) in [6.45, 7) is 0.791. The van der Waals surface area contributed by atoms with Gasteiger partial charge in [0.25, 0.3) is 0 Å². The molecule has 1 aliphatic rings. The summed E-state index contributed by atoms with van der Waals surface area (Å²) in [5.41, 5.74) is 1.15. The maximum atomic E-state index is 13.2. The maximum absolute atomic E-state index is 13.2. The second-order valence-electron chi connectivity index (χ2n) is 4.78. The molecule has 1 aromatic rings. The number of rotatable bonds is 3. The number of benzene rings is 1. The van der Waals surface area contributed by atoms with Crippen molar-refractivity contribution in [2.75, 3.05) is 7.05 Å². The van der Waals surface area contributed by atoms with Crippen molar-refractivity contribution in [1.82, 2.24) is 4.90 Å². The van der Waals surface area contributed by atoms with E-state index in [0.717, 1.165) is 12.1 Å². The summed E-state index contributed by atoms with van der Waals surface area (Å²) in [6.07, 6.45) is 5.12. The van der Waals surface area contributed by atoms with Gasteiger partial charge in [0.2, 0.25) is 0 Å². The van der Waals surface area contributed by atoms with Crippen molar-refractivity contribution in [3.8, 4) is 6.07 Å². The van der Waals surface area contributed by atoms with Gasteiger partial charge in [-0.05, 0) is 37.6 Å². The van der Waals surface area contributed by atoms with E-state index in [1.54, 1.807) is 12.1 Å². The lowest BCUT2D eigenvalue weighted by Gasteiger charge is -2.24. The van der Waals surface area contributed by atoms with Gasteiger partial charge < -0.3 is 0 Å². The minimum Gasteiger partial charge on any atom is -0.299 e. The third-order valence-corrected chi connectivity index (χ3v) is 3.53. The van der Waals surface area contributed by atoms with Gasteiger partial charge in [0, 0.05) is 12.6 Å². The van der Waals surface area contributed by atoms with E-state index in [4.69, 9.17) is 5.26 Å². The fourth-order valence-corrected chi connectivity index (χ4v) is 2.52. The van der Waals surface area contributed by atoms with E-state index in [9.17, 15) is 4.39 Å². The van der Waals surface area contributed by atoms with Crippen LogP contribution >= 0.6 is 0 Å². The maximum Gasteiger partial charge on any atom is 0.140 e. The Morgan fingerprint density at radius 2 is 2.12 bits per heavy atom. The number of hydrogen-bond acceptors (Lipinski definition) is 2. The van der Waals surface area contributed by atoms with Gasteiger partial charge in [-0.2, -0.15) is 5.26 Å². The molecule has 0 amide bonds. The Balaban J connectivity index is 2.05. The lowest BCUT2D eigenvalue weighted by molar-refractivity contribution is 0.237. The third kappa shape index (κ3) is 2.83. The number of nitrogens with zero attached hydrogens (tertiary/aromatic N) is 2. The van der Waals surface area contributed by atoms with Crippen LogP contribution in [0.2, 0.25) is 0 Å². The van der Waals surface area contributed by atoms with Crippen LogP contribution in [0.4, 0.5) is 4.39 Å². The normalized spacial score (nSPS) is 16.4. The summed E-state index contributed by atoms with van der Waals surface area (Å²) in [5, 5.41) is 8.78. The van der Waals surface area contributed by atoms with E-state index in [1.807, 2.05) is 6.07 Å². The Labute approximate surface area is 102 Å². The third-order valence-electron chi connectivity index (χ3n) is 3.53. The Hall–Kier alpha value is -1.40. The highest BCUT2D eigenvalue weighted by Gasteiger charge is 2.19. The Morgan fingerprint density at radius 3 is 2.76 bits per heavy atom. The number of hydrogen-bond donors (Lipinski definition) is 0. The fraction of sp³-hybridized carbons (Fsp3) is 0.500. The zero-order valence-corrected chi connectivity index (χ0v) is 10.1. The minimum atomic E-state index is -0.431. The van der Waals surface area contributed by atoms with Crippen LogP contribution in [-0.2, 0) is 6.54 Å². The molecule has 90 valence electrons. The van der Waals surface area contributed by atoms with Crippen LogP contribution in [0.3, 0.4) is 0 Å². The molecule has 2 nitrogen and oxygen atoms in total. The van der Waals surface area contributed by atoms with Crippen molar-refractivity contribution in [1.29, 1.82) is 5.26 Å². The van der Waals surface area contributed by atoms with Crippen molar-refractivity contribution in [3.05, 3.63) is 35.1 Å². The fourth-order valence-electron chi connectivity index (χ4n) is 2.52. The predicted molar refractivity (Wildman–Crippen MR) is 64.8 cm³/mol. The van der Waals surface area contributed by atoms with Gasteiger partial charge in [-0.3, -0.25) is 4.90 Å². The number of halogens is 1. The van der Waals surface area contributed by atoms with E-state index >= 15 is 0 Å². The van der Waals surface area contributed by atoms with Gasteiger partial charge in [-0.1, -0.05) is 18.9 Å². The summed E-state index contributed by atoms with van der Waals surface area (Å²) in [5.74, 6) is -0.431. The molecule has 0 aliphatic heterocycles. The molecule has 1 aromatic carbocycles. The van der Waals surface area contributed by atoms with Crippen LogP contribution in [0.25, 0.3) is 0 Å². The van der Waals surface area contributed by atoms with Gasteiger partial charge in [-0.15, -0.1) is 0 Å². The Bertz CT molecular complexity index is 430. The van der Waals surface area contributed by atoms with E-state index in [-0.39, 0.29) is 5.56 Å². The van der Waals surface area contributed by atoms with Crippen molar-refractivity contribution in [3.63, 3.8) is 0 Å². The lowest BCUT2D eigenvalue weighted by Crippen LogP contribution is -2.28. The van der Waals surface area contributed by atoms with Crippen LogP contribution in [0.1, 0.15) is 36.8 Å². The molecule has 0 bridgehead atoms. The average Bonchev–Trinajstić information content (AvgIpc) is 2.85. The molecule has 1 fully saturated rings. The second kappa shape index (κ2) is 5.29. The summed E-state index contributed by atoms with van der Waals surface area (Å²) in [4.78, 5) is 2.31. The van der Waals surface area contributed by atoms with Crippen molar-refractivity contribution in [2.24, 2.45) is 0 Å². The van der Waals surface area contributed by atoms with Crippen molar-refractivity contribution >= 4 is 0 Å². The van der Waals surface area contributed by atoms with Crippen LogP contribution in [-0.4, -0.2) is 18.0 Å². The highest BCUT2D eigenvalue weighted by Crippen LogP contribution is 2.23. The van der Waals surface area contributed by atoms with E-state index in [2.05, 4.69) is 11.9 Å². The number of nitriles is 1.